The molecule has 112 valence electrons. The lowest BCUT2D eigenvalue weighted by molar-refractivity contribution is -0.142. The summed E-state index contributed by atoms with van der Waals surface area (Å²) in [4.78, 5) is 11.2. The number of carboxylic acids is 1. The zero-order valence-corrected chi connectivity index (χ0v) is 12.7. The van der Waals surface area contributed by atoms with Gasteiger partial charge in [-0.15, -0.1) is 0 Å². The fourth-order valence-electron chi connectivity index (χ4n) is 2.52. The number of rotatable bonds is 6. The number of hydrogen-bond donors (Lipinski definition) is 2. The van der Waals surface area contributed by atoms with Crippen molar-refractivity contribution < 1.29 is 18.3 Å². The van der Waals surface area contributed by atoms with E-state index >= 15 is 0 Å². The Hall–Kier alpha value is -0.660. The molecule has 7 heteroatoms. The molecule has 1 unspecified atom stereocenters. The van der Waals surface area contributed by atoms with Gasteiger partial charge in [0.05, 0.1) is 0 Å². The zero-order chi connectivity index (χ0) is 14.7. The predicted octanol–water partition coefficient (Wildman–Crippen LogP) is 1.34. The van der Waals surface area contributed by atoms with Crippen molar-refractivity contribution >= 4 is 16.2 Å². The Labute approximate surface area is 115 Å². The largest absolute Gasteiger partial charge is 0.480 e. The van der Waals surface area contributed by atoms with Crippen LogP contribution in [-0.2, 0) is 15.0 Å². The molecule has 0 aliphatic carbocycles. The van der Waals surface area contributed by atoms with E-state index in [0.29, 0.717) is 19.3 Å². The Morgan fingerprint density at radius 1 is 1.42 bits per heavy atom. The van der Waals surface area contributed by atoms with Gasteiger partial charge >= 0.3 is 5.97 Å². The van der Waals surface area contributed by atoms with E-state index in [1.54, 1.807) is 0 Å². The Balaban J connectivity index is 2.88. The maximum Gasteiger partial charge on any atom is 0.322 e. The minimum atomic E-state index is -3.75. The van der Waals surface area contributed by atoms with Gasteiger partial charge in [0.15, 0.2) is 0 Å². The average molecular weight is 292 g/mol. The van der Waals surface area contributed by atoms with Gasteiger partial charge in [-0.25, -0.2) is 0 Å². The van der Waals surface area contributed by atoms with Crippen LogP contribution in [0.2, 0.25) is 0 Å². The number of piperidine rings is 1. The summed E-state index contributed by atoms with van der Waals surface area (Å²) in [6, 6.07) is -0.941. The third-order valence-electron chi connectivity index (χ3n) is 3.33. The lowest BCUT2D eigenvalue weighted by Crippen LogP contribution is -2.56. The zero-order valence-electron chi connectivity index (χ0n) is 11.8. The summed E-state index contributed by atoms with van der Waals surface area (Å²) in [5.41, 5.74) is -0.561. The molecule has 2 N–H and O–H groups in total. The first-order valence-corrected chi connectivity index (χ1v) is 8.17. The molecule has 19 heavy (non-hydrogen) atoms. The van der Waals surface area contributed by atoms with Crippen molar-refractivity contribution in [3.63, 3.8) is 0 Å². The molecule has 0 aromatic rings. The van der Waals surface area contributed by atoms with Gasteiger partial charge in [0.2, 0.25) is 0 Å². The molecule has 0 bridgehead atoms. The molecule has 1 saturated heterocycles. The summed E-state index contributed by atoms with van der Waals surface area (Å²) in [5, 5.41) is 9.14. The quantitative estimate of drug-likeness (QED) is 0.773. The van der Waals surface area contributed by atoms with Gasteiger partial charge in [-0.05, 0) is 39.5 Å². The van der Waals surface area contributed by atoms with Gasteiger partial charge < -0.3 is 5.11 Å². The highest BCUT2D eigenvalue weighted by molar-refractivity contribution is 7.87. The van der Waals surface area contributed by atoms with E-state index in [1.807, 2.05) is 20.8 Å². The van der Waals surface area contributed by atoms with Crippen LogP contribution in [-0.4, -0.2) is 41.9 Å². The van der Waals surface area contributed by atoms with Gasteiger partial charge in [-0.1, -0.05) is 13.3 Å². The number of hydrogen-bond acceptors (Lipinski definition) is 3. The summed E-state index contributed by atoms with van der Waals surface area (Å²) in [5.74, 6) is -1.07. The Morgan fingerprint density at radius 2 is 2.05 bits per heavy atom. The van der Waals surface area contributed by atoms with Crippen molar-refractivity contribution in [2.24, 2.45) is 0 Å². The minimum Gasteiger partial charge on any atom is -0.480 e. The van der Waals surface area contributed by atoms with Crippen molar-refractivity contribution in [3.8, 4) is 0 Å². The number of carbonyl (C=O) groups is 1. The van der Waals surface area contributed by atoms with E-state index in [4.69, 9.17) is 5.11 Å². The highest BCUT2D eigenvalue weighted by Gasteiger charge is 2.38. The van der Waals surface area contributed by atoms with Crippen molar-refractivity contribution in [2.45, 2.75) is 64.5 Å². The van der Waals surface area contributed by atoms with Crippen LogP contribution in [0.15, 0.2) is 0 Å². The standard InChI is InChI=1S/C12H24N2O4S/c1-4-8-12(2,3)13-19(17,18)14-9-6-5-7-10(14)11(15)16/h10,13H,4-9H2,1-3H3,(H,15,16). The van der Waals surface area contributed by atoms with Crippen molar-refractivity contribution in [3.05, 3.63) is 0 Å². The molecule has 1 rings (SSSR count). The van der Waals surface area contributed by atoms with Crippen LogP contribution in [0.25, 0.3) is 0 Å². The Kier molecular flexibility index (Phi) is 5.34. The number of carboxylic acid groups (broad SMARTS) is 1. The highest BCUT2D eigenvalue weighted by atomic mass is 32.2. The fraction of sp³-hybridized carbons (Fsp3) is 0.917. The van der Waals surface area contributed by atoms with E-state index in [9.17, 15) is 13.2 Å². The number of aliphatic carboxylic acids is 1. The third-order valence-corrected chi connectivity index (χ3v) is 5.19. The van der Waals surface area contributed by atoms with Gasteiger partial charge in [-0.3, -0.25) is 4.79 Å². The average Bonchev–Trinajstić information content (AvgIpc) is 2.27. The summed E-state index contributed by atoms with van der Waals surface area (Å²) >= 11 is 0. The number of nitrogens with zero attached hydrogens (tertiary/aromatic N) is 1. The predicted molar refractivity (Wildman–Crippen MR) is 73.0 cm³/mol. The van der Waals surface area contributed by atoms with Crippen molar-refractivity contribution in [1.29, 1.82) is 0 Å². The normalized spacial score (nSPS) is 22.4. The van der Waals surface area contributed by atoms with Crippen LogP contribution in [0, 0.1) is 0 Å². The fourth-order valence-corrected chi connectivity index (χ4v) is 4.34. The second-order valence-corrected chi connectivity index (χ2v) is 7.32. The molecule has 1 atom stereocenters. The van der Waals surface area contributed by atoms with E-state index in [1.165, 1.54) is 0 Å². The lowest BCUT2D eigenvalue weighted by Gasteiger charge is -2.35. The van der Waals surface area contributed by atoms with Crippen LogP contribution in [0.5, 0.6) is 0 Å². The highest BCUT2D eigenvalue weighted by Crippen LogP contribution is 2.22. The molecule has 0 aromatic heterocycles. The summed E-state index contributed by atoms with van der Waals surface area (Å²) < 4.78 is 28.4. The van der Waals surface area contributed by atoms with Gasteiger partial charge in [0.1, 0.15) is 6.04 Å². The maximum atomic E-state index is 12.3. The van der Waals surface area contributed by atoms with Crippen LogP contribution < -0.4 is 4.72 Å². The molecule has 6 nitrogen and oxygen atoms in total. The first kappa shape index (κ1) is 16.4. The molecule has 0 aromatic carbocycles. The molecule has 1 fully saturated rings. The third kappa shape index (κ3) is 4.43. The molecule has 1 heterocycles. The maximum absolute atomic E-state index is 12.3. The van der Waals surface area contributed by atoms with E-state index in [0.717, 1.165) is 17.1 Å². The first-order valence-electron chi connectivity index (χ1n) is 6.73. The topological polar surface area (TPSA) is 86.7 Å². The molecule has 1 aliphatic rings. The molecular weight excluding hydrogens is 268 g/mol. The van der Waals surface area contributed by atoms with Gasteiger partial charge in [0.25, 0.3) is 10.2 Å². The van der Waals surface area contributed by atoms with Gasteiger partial charge in [-0.2, -0.15) is 17.4 Å². The molecule has 0 spiro atoms. The lowest BCUT2D eigenvalue weighted by atomic mass is 10.0. The summed E-state index contributed by atoms with van der Waals surface area (Å²) in [7, 11) is -3.75. The molecule has 1 aliphatic heterocycles. The molecule has 0 saturated carbocycles. The SMILES string of the molecule is CCCC(C)(C)NS(=O)(=O)N1CCCCC1C(=O)O. The first-order chi connectivity index (χ1) is 8.69. The number of nitrogens with one attached hydrogen (secondary N) is 1. The van der Waals surface area contributed by atoms with Crippen LogP contribution in [0.3, 0.4) is 0 Å². The summed E-state index contributed by atoms with van der Waals surface area (Å²) in [6.45, 7) is 5.88. The van der Waals surface area contributed by atoms with Crippen molar-refractivity contribution in [1.82, 2.24) is 9.03 Å². The van der Waals surface area contributed by atoms with E-state index in [-0.39, 0.29) is 6.54 Å². The van der Waals surface area contributed by atoms with E-state index < -0.39 is 27.8 Å². The molecule has 0 radical (unpaired) electrons. The smallest absolute Gasteiger partial charge is 0.322 e. The van der Waals surface area contributed by atoms with E-state index in [2.05, 4.69) is 4.72 Å². The van der Waals surface area contributed by atoms with Gasteiger partial charge in [0, 0.05) is 12.1 Å². The molecular formula is C12H24N2O4S. The summed E-state index contributed by atoms with van der Waals surface area (Å²) in [6.07, 6.45) is 3.40. The minimum absolute atomic E-state index is 0.272. The second-order valence-electron chi connectivity index (χ2n) is 5.70. The van der Waals surface area contributed by atoms with Crippen LogP contribution in [0.1, 0.15) is 52.9 Å². The van der Waals surface area contributed by atoms with Crippen LogP contribution in [0.4, 0.5) is 0 Å². The Morgan fingerprint density at radius 3 is 2.58 bits per heavy atom. The second kappa shape index (κ2) is 6.19. The molecule has 0 amide bonds. The van der Waals surface area contributed by atoms with Crippen LogP contribution >= 0.6 is 0 Å². The monoisotopic (exact) mass is 292 g/mol. The van der Waals surface area contributed by atoms with Crippen molar-refractivity contribution in [2.75, 3.05) is 6.54 Å². The Bertz CT molecular complexity index is 419.